The van der Waals surface area contributed by atoms with Gasteiger partial charge in [-0.05, 0) is 36.4 Å². The van der Waals surface area contributed by atoms with E-state index < -0.39 is 23.9 Å². The van der Waals surface area contributed by atoms with Crippen molar-refractivity contribution in [2.24, 2.45) is 0 Å². The van der Waals surface area contributed by atoms with Crippen molar-refractivity contribution in [3.8, 4) is 0 Å². The number of H-pyrrole nitrogens is 2. The third-order valence-electron chi connectivity index (χ3n) is 4.47. The maximum absolute atomic E-state index is 12.5. The number of aromatic amines is 2. The summed E-state index contributed by atoms with van der Waals surface area (Å²) in [7, 11) is 0. The fourth-order valence-electron chi connectivity index (χ4n) is 3.09. The van der Waals surface area contributed by atoms with Crippen LogP contribution in [0.15, 0.2) is 48.8 Å². The number of rotatable bonds is 4. The zero-order chi connectivity index (χ0) is 20.7. The van der Waals surface area contributed by atoms with Crippen LogP contribution in [0.4, 0.5) is 0 Å². The average molecular weight is 392 g/mol. The van der Waals surface area contributed by atoms with E-state index in [4.69, 9.17) is 4.74 Å². The van der Waals surface area contributed by atoms with Crippen LogP contribution in [-0.2, 0) is 4.74 Å². The van der Waals surface area contributed by atoms with E-state index in [1.165, 1.54) is 24.3 Å². The number of carbonyl (C=O) groups excluding carboxylic acids is 2. The van der Waals surface area contributed by atoms with Crippen LogP contribution in [0, 0.1) is 0 Å². The lowest BCUT2D eigenvalue weighted by atomic mass is 10.0. The van der Waals surface area contributed by atoms with Crippen LogP contribution in [0.3, 0.4) is 0 Å². The Kier molecular flexibility index (Phi) is 4.12. The van der Waals surface area contributed by atoms with Crippen molar-refractivity contribution in [2.75, 3.05) is 0 Å². The summed E-state index contributed by atoms with van der Waals surface area (Å²) in [5, 5.41) is 19.9. The second kappa shape index (κ2) is 6.64. The van der Waals surface area contributed by atoms with Crippen LogP contribution in [0.5, 0.6) is 0 Å². The lowest BCUT2D eigenvalue weighted by Gasteiger charge is -2.09. The molecule has 0 amide bonds. The Morgan fingerprint density at radius 2 is 1.07 bits per heavy atom. The van der Waals surface area contributed by atoms with Crippen molar-refractivity contribution in [2.45, 2.75) is 0 Å². The Morgan fingerprint density at radius 1 is 0.655 bits per heavy atom. The van der Waals surface area contributed by atoms with Gasteiger partial charge in [-0.25, -0.2) is 19.2 Å². The Bertz CT molecular complexity index is 1230. The molecule has 0 saturated heterocycles. The van der Waals surface area contributed by atoms with E-state index in [0.717, 1.165) is 0 Å². The number of esters is 2. The molecule has 0 atom stereocenters. The highest BCUT2D eigenvalue weighted by Gasteiger charge is 2.25. The van der Waals surface area contributed by atoms with Gasteiger partial charge in [0.15, 0.2) is 0 Å². The monoisotopic (exact) mass is 392 g/mol. The van der Waals surface area contributed by atoms with Crippen LogP contribution in [-0.4, -0.2) is 44.1 Å². The molecule has 4 aromatic rings. The SMILES string of the molecule is O=C(O)c1cc2[nH]ccc2cc1C(=O)OC(=O)c1cc2cc[nH]c2cc1C(=O)O. The van der Waals surface area contributed by atoms with Gasteiger partial charge < -0.3 is 24.9 Å². The van der Waals surface area contributed by atoms with Crippen LogP contribution in [0.2, 0.25) is 0 Å². The van der Waals surface area contributed by atoms with Crippen molar-refractivity contribution in [1.82, 2.24) is 9.97 Å². The molecule has 4 N–H and O–H groups in total. The van der Waals surface area contributed by atoms with Gasteiger partial charge in [-0.2, -0.15) is 0 Å². The molecular formula is C20H12N2O7. The van der Waals surface area contributed by atoms with Gasteiger partial charge >= 0.3 is 23.9 Å². The first-order valence-electron chi connectivity index (χ1n) is 8.30. The van der Waals surface area contributed by atoms with Gasteiger partial charge in [-0.3, -0.25) is 0 Å². The number of carboxylic acids is 2. The van der Waals surface area contributed by atoms with E-state index in [1.54, 1.807) is 24.5 Å². The molecule has 29 heavy (non-hydrogen) atoms. The molecule has 2 aromatic carbocycles. The molecule has 0 aliphatic rings. The van der Waals surface area contributed by atoms with E-state index >= 15 is 0 Å². The lowest BCUT2D eigenvalue weighted by Crippen LogP contribution is -2.18. The molecule has 0 spiro atoms. The third kappa shape index (κ3) is 3.10. The number of aromatic nitrogens is 2. The third-order valence-corrected chi connectivity index (χ3v) is 4.47. The molecule has 2 heterocycles. The highest BCUT2D eigenvalue weighted by molar-refractivity contribution is 6.13. The molecule has 0 radical (unpaired) electrons. The highest BCUT2D eigenvalue weighted by Crippen LogP contribution is 2.23. The molecule has 0 aliphatic carbocycles. The first-order chi connectivity index (χ1) is 13.8. The minimum Gasteiger partial charge on any atom is -0.478 e. The molecule has 0 unspecified atom stereocenters. The summed E-state index contributed by atoms with van der Waals surface area (Å²) in [5.74, 6) is -5.14. The van der Waals surface area contributed by atoms with Crippen molar-refractivity contribution in [1.29, 1.82) is 0 Å². The summed E-state index contributed by atoms with van der Waals surface area (Å²) in [5.41, 5.74) is -0.350. The normalized spacial score (nSPS) is 10.9. The molecule has 0 saturated carbocycles. The molecule has 0 bridgehead atoms. The molecule has 9 heteroatoms. The lowest BCUT2D eigenvalue weighted by molar-refractivity contribution is 0.0387. The molecule has 0 aliphatic heterocycles. The van der Waals surface area contributed by atoms with Crippen molar-refractivity contribution in [3.63, 3.8) is 0 Å². The van der Waals surface area contributed by atoms with Gasteiger partial charge in [0.2, 0.25) is 0 Å². The average Bonchev–Trinajstić information content (AvgIpc) is 3.33. The smallest absolute Gasteiger partial charge is 0.346 e. The van der Waals surface area contributed by atoms with E-state index in [2.05, 4.69) is 9.97 Å². The molecular weight excluding hydrogens is 380 g/mol. The fraction of sp³-hybridized carbons (Fsp3) is 0. The number of fused-ring (bicyclic) bond motifs is 2. The van der Waals surface area contributed by atoms with Gasteiger partial charge in [-0.1, -0.05) is 0 Å². The maximum atomic E-state index is 12.5. The summed E-state index contributed by atoms with van der Waals surface area (Å²) in [6, 6.07) is 8.35. The predicted octanol–water partition coefficient (Wildman–Crippen LogP) is 3.04. The number of nitrogens with one attached hydrogen (secondary N) is 2. The Labute approximate surface area is 161 Å². The zero-order valence-corrected chi connectivity index (χ0v) is 14.6. The number of carboxylic acid groups (broad SMARTS) is 2. The zero-order valence-electron chi connectivity index (χ0n) is 14.6. The van der Waals surface area contributed by atoms with E-state index in [-0.39, 0.29) is 22.3 Å². The van der Waals surface area contributed by atoms with Crippen molar-refractivity contribution >= 4 is 45.7 Å². The molecule has 9 nitrogen and oxygen atoms in total. The van der Waals surface area contributed by atoms with Crippen molar-refractivity contribution in [3.05, 3.63) is 71.0 Å². The molecule has 2 aromatic heterocycles. The van der Waals surface area contributed by atoms with E-state index in [9.17, 15) is 29.4 Å². The summed E-state index contributed by atoms with van der Waals surface area (Å²) in [6.45, 7) is 0. The topological polar surface area (TPSA) is 150 Å². The largest absolute Gasteiger partial charge is 0.478 e. The Balaban J connectivity index is 1.73. The Morgan fingerprint density at radius 3 is 1.45 bits per heavy atom. The molecule has 4 rings (SSSR count). The summed E-state index contributed by atoms with van der Waals surface area (Å²) in [6.07, 6.45) is 3.14. The van der Waals surface area contributed by atoms with Crippen LogP contribution in [0.1, 0.15) is 41.4 Å². The van der Waals surface area contributed by atoms with Gasteiger partial charge in [0.25, 0.3) is 0 Å². The number of hydrogen-bond acceptors (Lipinski definition) is 5. The van der Waals surface area contributed by atoms with Crippen molar-refractivity contribution < 1.29 is 34.1 Å². The first kappa shape index (κ1) is 18.0. The number of aromatic carboxylic acids is 2. The Hall–Kier alpha value is -4.40. The van der Waals surface area contributed by atoms with Gasteiger partial charge in [0, 0.05) is 34.2 Å². The van der Waals surface area contributed by atoms with Crippen LogP contribution in [0.25, 0.3) is 21.8 Å². The highest BCUT2D eigenvalue weighted by atomic mass is 16.6. The minimum absolute atomic E-state index is 0.322. The van der Waals surface area contributed by atoms with Gasteiger partial charge in [0.05, 0.1) is 22.3 Å². The first-order valence-corrected chi connectivity index (χ1v) is 8.30. The van der Waals surface area contributed by atoms with Gasteiger partial charge in [-0.15, -0.1) is 0 Å². The number of benzene rings is 2. The van der Waals surface area contributed by atoms with E-state index in [0.29, 0.717) is 21.8 Å². The quantitative estimate of drug-likeness (QED) is 0.308. The molecule has 144 valence electrons. The standard InChI is InChI=1S/C20H12N2O7/c23-17(24)11-7-15-9(1-3-21-15)5-13(11)19(27)29-20(28)14-6-10-2-4-22-16(10)8-12(14)18(25)26/h1-8,21-22H,(H,23,24)(H,25,26). The van der Waals surface area contributed by atoms with Gasteiger partial charge in [0.1, 0.15) is 0 Å². The number of ether oxygens (including phenoxy) is 1. The summed E-state index contributed by atoms with van der Waals surface area (Å²) >= 11 is 0. The number of hydrogen-bond donors (Lipinski definition) is 4. The van der Waals surface area contributed by atoms with Crippen LogP contribution < -0.4 is 0 Å². The fourth-order valence-corrected chi connectivity index (χ4v) is 3.09. The predicted molar refractivity (Wildman–Crippen MR) is 100 cm³/mol. The van der Waals surface area contributed by atoms with Crippen LogP contribution >= 0.6 is 0 Å². The second-order valence-electron chi connectivity index (χ2n) is 6.21. The summed E-state index contributed by atoms with van der Waals surface area (Å²) in [4.78, 5) is 53.8. The maximum Gasteiger partial charge on any atom is 0.346 e. The van der Waals surface area contributed by atoms with E-state index in [1.807, 2.05) is 0 Å². The molecule has 0 fully saturated rings. The summed E-state index contributed by atoms with van der Waals surface area (Å²) < 4.78 is 4.83. The minimum atomic E-state index is -1.37. The second-order valence-corrected chi connectivity index (χ2v) is 6.21. The number of carbonyl (C=O) groups is 4.